The van der Waals surface area contributed by atoms with Gasteiger partial charge >= 0.3 is 5.97 Å². The van der Waals surface area contributed by atoms with Crippen molar-refractivity contribution in [3.63, 3.8) is 0 Å². The van der Waals surface area contributed by atoms with Crippen molar-refractivity contribution in [1.29, 1.82) is 0 Å². The lowest BCUT2D eigenvalue weighted by molar-refractivity contribution is -0.152. The van der Waals surface area contributed by atoms with Gasteiger partial charge in [0, 0.05) is 13.0 Å². The highest BCUT2D eigenvalue weighted by Gasteiger charge is 2.51. The molecule has 1 saturated carbocycles. The van der Waals surface area contributed by atoms with Crippen molar-refractivity contribution in [2.45, 2.75) is 150 Å². The number of amides is 1. The van der Waals surface area contributed by atoms with E-state index in [-0.39, 0.29) is 36.2 Å². The van der Waals surface area contributed by atoms with Gasteiger partial charge in [0.1, 0.15) is 17.8 Å². The van der Waals surface area contributed by atoms with E-state index in [4.69, 9.17) is 14.2 Å². The molecule has 7 heteroatoms. The SMILES string of the molecule is CCCCC(CC)COC(C)(CC)C(=O)CCCCCOC(C)(CC)C(=O)NCCOC(=O)C1(CC(C)C)CC1. The molecule has 1 aliphatic carbocycles. The predicted molar refractivity (Wildman–Crippen MR) is 161 cm³/mol. The zero-order valence-electron chi connectivity index (χ0n) is 27.1. The van der Waals surface area contributed by atoms with Crippen LogP contribution < -0.4 is 5.32 Å². The Kier molecular flexibility index (Phi) is 16.6. The Morgan fingerprint density at radius 3 is 2.10 bits per heavy atom. The molecule has 234 valence electrons. The van der Waals surface area contributed by atoms with Gasteiger partial charge < -0.3 is 19.5 Å². The van der Waals surface area contributed by atoms with Crippen LogP contribution in [-0.2, 0) is 28.6 Å². The molecular formula is C33H61NO6. The van der Waals surface area contributed by atoms with Crippen LogP contribution in [0.5, 0.6) is 0 Å². The molecule has 0 aliphatic heterocycles. The topological polar surface area (TPSA) is 90.9 Å². The first-order valence-electron chi connectivity index (χ1n) is 16.2. The maximum Gasteiger partial charge on any atom is 0.312 e. The van der Waals surface area contributed by atoms with E-state index in [0.29, 0.717) is 44.3 Å². The molecule has 0 aromatic carbocycles. The summed E-state index contributed by atoms with van der Waals surface area (Å²) in [5, 5.41) is 2.87. The van der Waals surface area contributed by atoms with E-state index in [1.807, 2.05) is 20.8 Å². The van der Waals surface area contributed by atoms with Gasteiger partial charge in [0.25, 0.3) is 5.91 Å². The Hall–Kier alpha value is -1.47. The average molecular weight is 568 g/mol. The first-order chi connectivity index (χ1) is 18.9. The number of hydrogen-bond acceptors (Lipinski definition) is 6. The summed E-state index contributed by atoms with van der Waals surface area (Å²) in [5.74, 6) is 0.829. The fraction of sp³-hybridized carbons (Fsp3) is 0.909. The largest absolute Gasteiger partial charge is 0.463 e. The quantitative estimate of drug-likeness (QED) is 0.0981. The monoisotopic (exact) mass is 567 g/mol. The summed E-state index contributed by atoms with van der Waals surface area (Å²) in [7, 11) is 0. The third kappa shape index (κ3) is 12.2. The van der Waals surface area contributed by atoms with Gasteiger partial charge in [-0.2, -0.15) is 0 Å². The highest BCUT2D eigenvalue weighted by molar-refractivity contribution is 5.87. The molecule has 7 nitrogen and oxygen atoms in total. The molecule has 1 aliphatic rings. The molecule has 0 aromatic rings. The van der Waals surface area contributed by atoms with E-state index < -0.39 is 11.2 Å². The summed E-state index contributed by atoms with van der Waals surface area (Å²) >= 11 is 0. The van der Waals surface area contributed by atoms with Gasteiger partial charge in [0.05, 0.1) is 18.6 Å². The molecule has 3 atom stereocenters. The first kappa shape index (κ1) is 36.6. The molecule has 1 N–H and O–H groups in total. The normalized spacial score (nSPS) is 18.0. The van der Waals surface area contributed by atoms with Crippen molar-refractivity contribution in [3.8, 4) is 0 Å². The van der Waals surface area contributed by atoms with Gasteiger partial charge in [-0.15, -0.1) is 0 Å². The van der Waals surface area contributed by atoms with E-state index in [1.54, 1.807) is 6.92 Å². The van der Waals surface area contributed by atoms with Crippen LogP contribution in [0.15, 0.2) is 0 Å². The van der Waals surface area contributed by atoms with E-state index >= 15 is 0 Å². The standard InChI is InChI=1S/C33H61NO6/c1-9-13-17-27(10-2)25-40-31(7,11-3)28(35)18-15-14-16-22-39-32(8,12-4)29(36)34-21-23-38-30(37)33(19-20-33)24-26(5)6/h26-27H,9-25H2,1-8H3,(H,34,36). The van der Waals surface area contributed by atoms with Crippen molar-refractivity contribution in [1.82, 2.24) is 5.32 Å². The summed E-state index contributed by atoms with van der Waals surface area (Å²) < 4.78 is 17.7. The van der Waals surface area contributed by atoms with Gasteiger partial charge in [-0.05, 0) is 77.0 Å². The number of carbonyl (C=O) groups excluding carboxylic acids is 3. The van der Waals surface area contributed by atoms with Crippen molar-refractivity contribution < 1.29 is 28.6 Å². The lowest BCUT2D eigenvalue weighted by atomic mass is 9.92. The van der Waals surface area contributed by atoms with Crippen LogP contribution in [0.3, 0.4) is 0 Å². The maximum atomic E-state index is 13.0. The van der Waals surface area contributed by atoms with Gasteiger partial charge in [0.2, 0.25) is 0 Å². The number of rotatable bonds is 24. The maximum absolute atomic E-state index is 13.0. The summed E-state index contributed by atoms with van der Waals surface area (Å²) in [6.07, 6.45) is 11.4. The second kappa shape index (κ2) is 18.1. The van der Waals surface area contributed by atoms with Crippen molar-refractivity contribution in [3.05, 3.63) is 0 Å². The minimum Gasteiger partial charge on any atom is -0.463 e. The van der Waals surface area contributed by atoms with E-state index in [0.717, 1.165) is 51.4 Å². The number of Topliss-reactive ketones (excluding diaryl/α,β-unsaturated/α-hetero) is 1. The smallest absolute Gasteiger partial charge is 0.312 e. The first-order valence-corrected chi connectivity index (χ1v) is 16.2. The molecule has 0 saturated heterocycles. The fourth-order valence-electron chi connectivity index (χ4n) is 5.11. The number of ketones is 1. The van der Waals surface area contributed by atoms with Crippen LogP contribution >= 0.6 is 0 Å². The fourth-order valence-corrected chi connectivity index (χ4v) is 5.11. The van der Waals surface area contributed by atoms with Gasteiger partial charge in [-0.3, -0.25) is 14.4 Å². The molecule has 0 radical (unpaired) electrons. The van der Waals surface area contributed by atoms with E-state index in [2.05, 4.69) is 33.0 Å². The highest BCUT2D eigenvalue weighted by Crippen LogP contribution is 2.51. The predicted octanol–water partition coefficient (Wildman–Crippen LogP) is 7.19. The van der Waals surface area contributed by atoms with Gasteiger partial charge in [-0.1, -0.05) is 67.2 Å². The highest BCUT2D eigenvalue weighted by atomic mass is 16.5. The van der Waals surface area contributed by atoms with E-state index in [1.165, 1.54) is 12.8 Å². The summed E-state index contributed by atoms with van der Waals surface area (Å²) in [6, 6.07) is 0. The van der Waals surface area contributed by atoms with E-state index in [9.17, 15) is 14.4 Å². The summed E-state index contributed by atoms with van der Waals surface area (Å²) in [6.45, 7) is 17.9. The molecule has 0 bridgehead atoms. The lowest BCUT2D eigenvalue weighted by Crippen LogP contribution is -2.47. The Balaban J connectivity index is 2.32. The molecule has 1 fully saturated rings. The minimum absolute atomic E-state index is 0.133. The molecule has 40 heavy (non-hydrogen) atoms. The Labute approximate surface area is 245 Å². The number of carbonyl (C=O) groups is 3. The Morgan fingerprint density at radius 2 is 1.55 bits per heavy atom. The zero-order chi connectivity index (χ0) is 30.2. The minimum atomic E-state index is -0.933. The average Bonchev–Trinajstić information content (AvgIpc) is 3.72. The Bertz CT molecular complexity index is 764. The second-order valence-corrected chi connectivity index (χ2v) is 12.7. The third-order valence-electron chi connectivity index (χ3n) is 8.78. The van der Waals surface area contributed by atoms with Crippen LogP contribution in [0.25, 0.3) is 0 Å². The van der Waals surface area contributed by atoms with Crippen molar-refractivity contribution in [2.75, 3.05) is 26.4 Å². The van der Waals surface area contributed by atoms with Crippen LogP contribution in [0.1, 0.15) is 139 Å². The third-order valence-corrected chi connectivity index (χ3v) is 8.78. The van der Waals surface area contributed by atoms with Crippen LogP contribution in [-0.4, -0.2) is 55.2 Å². The number of ether oxygens (including phenoxy) is 3. The molecular weight excluding hydrogens is 506 g/mol. The number of esters is 1. The van der Waals surface area contributed by atoms with Crippen LogP contribution in [0.2, 0.25) is 0 Å². The van der Waals surface area contributed by atoms with Crippen molar-refractivity contribution >= 4 is 17.7 Å². The van der Waals surface area contributed by atoms with Crippen LogP contribution in [0, 0.1) is 17.3 Å². The number of nitrogens with one attached hydrogen (secondary N) is 1. The zero-order valence-corrected chi connectivity index (χ0v) is 27.1. The molecule has 0 aromatic heterocycles. The molecule has 1 amide bonds. The molecule has 1 rings (SSSR count). The summed E-state index contributed by atoms with van der Waals surface area (Å²) in [4.78, 5) is 38.2. The van der Waals surface area contributed by atoms with Crippen LogP contribution in [0.4, 0.5) is 0 Å². The molecule has 0 spiro atoms. The van der Waals surface area contributed by atoms with Crippen molar-refractivity contribution in [2.24, 2.45) is 17.3 Å². The van der Waals surface area contributed by atoms with Gasteiger partial charge in [-0.25, -0.2) is 0 Å². The number of unbranched alkanes of at least 4 members (excludes halogenated alkanes) is 3. The second-order valence-electron chi connectivity index (χ2n) is 12.7. The lowest BCUT2D eigenvalue weighted by Gasteiger charge is -2.29. The summed E-state index contributed by atoms with van der Waals surface area (Å²) in [5.41, 5.74) is -1.94. The molecule has 0 heterocycles. The Morgan fingerprint density at radius 1 is 0.875 bits per heavy atom. The van der Waals surface area contributed by atoms with Gasteiger partial charge in [0.15, 0.2) is 5.78 Å². The number of hydrogen-bond donors (Lipinski definition) is 1. The molecule has 3 unspecified atom stereocenters.